The molecule has 4 nitrogen and oxygen atoms in total. The second kappa shape index (κ2) is 7.67. The summed E-state index contributed by atoms with van der Waals surface area (Å²) < 4.78 is 5.43. The summed E-state index contributed by atoms with van der Waals surface area (Å²) >= 11 is 0. The molecule has 0 bridgehead atoms. The Morgan fingerprint density at radius 3 is 2.79 bits per heavy atom. The van der Waals surface area contributed by atoms with Crippen LogP contribution < -0.4 is 5.32 Å². The molecule has 0 aliphatic carbocycles. The Balaban J connectivity index is 1.41. The summed E-state index contributed by atoms with van der Waals surface area (Å²) in [6.07, 6.45) is 2.24. The lowest BCUT2D eigenvalue weighted by Gasteiger charge is -2.16. The van der Waals surface area contributed by atoms with Gasteiger partial charge >= 0.3 is 0 Å². The molecule has 1 atom stereocenters. The molecule has 4 heteroatoms. The summed E-state index contributed by atoms with van der Waals surface area (Å²) in [4.78, 5) is 14.7. The van der Waals surface area contributed by atoms with Crippen molar-refractivity contribution in [2.75, 3.05) is 26.2 Å². The molecule has 2 aromatic rings. The van der Waals surface area contributed by atoms with Gasteiger partial charge in [0.1, 0.15) is 11.5 Å². The van der Waals surface area contributed by atoms with Gasteiger partial charge in [-0.25, -0.2) is 0 Å². The molecule has 2 heterocycles. The zero-order valence-corrected chi connectivity index (χ0v) is 14.5. The van der Waals surface area contributed by atoms with Crippen molar-refractivity contribution in [1.29, 1.82) is 0 Å². The number of hydrogen-bond acceptors (Lipinski definition) is 3. The van der Waals surface area contributed by atoms with Crippen molar-refractivity contribution >= 4 is 5.91 Å². The number of aryl methyl sites for hydroxylation is 2. The highest BCUT2D eigenvalue weighted by molar-refractivity contribution is 5.95. The van der Waals surface area contributed by atoms with Crippen LogP contribution in [0.25, 0.3) is 0 Å². The van der Waals surface area contributed by atoms with E-state index in [1.807, 2.05) is 19.9 Å². The number of carbonyl (C=O) groups excluding carboxylic acids is 1. The fourth-order valence-electron chi connectivity index (χ4n) is 3.40. The normalized spacial score (nSPS) is 18.0. The molecule has 128 valence electrons. The Bertz CT molecular complexity index is 678. The average molecular weight is 326 g/mol. The van der Waals surface area contributed by atoms with Crippen molar-refractivity contribution < 1.29 is 9.21 Å². The van der Waals surface area contributed by atoms with Crippen molar-refractivity contribution in [3.8, 4) is 0 Å². The van der Waals surface area contributed by atoms with Crippen LogP contribution >= 0.6 is 0 Å². The van der Waals surface area contributed by atoms with Crippen LogP contribution in [0, 0.1) is 19.8 Å². The average Bonchev–Trinajstić information content (AvgIpc) is 3.17. The van der Waals surface area contributed by atoms with Gasteiger partial charge in [-0.05, 0) is 50.8 Å². The lowest BCUT2D eigenvalue weighted by Crippen LogP contribution is -2.31. The molecule has 1 aliphatic heterocycles. The highest BCUT2D eigenvalue weighted by atomic mass is 16.3. The Hall–Kier alpha value is -2.07. The second-order valence-electron chi connectivity index (χ2n) is 6.73. The molecule has 1 aliphatic rings. The Morgan fingerprint density at radius 1 is 1.29 bits per heavy atom. The van der Waals surface area contributed by atoms with E-state index < -0.39 is 0 Å². The molecule has 1 saturated heterocycles. The molecule has 1 unspecified atom stereocenters. The zero-order valence-electron chi connectivity index (χ0n) is 14.5. The van der Waals surface area contributed by atoms with E-state index in [0.717, 1.165) is 44.8 Å². The van der Waals surface area contributed by atoms with E-state index in [-0.39, 0.29) is 5.91 Å². The Labute approximate surface area is 143 Å². The van der Waals surface area contributed by atoms with Gasteiger partial charge < -0.3 is 14.6 Å². The number of benzene rings is 1. The van der Waals surface area contributed by atoms with Gasteiger partial charge in [0.05, 0.1) is 5.56 Å². The highest BCUT2D eigenvalue weighted by Crippen LogP contribution is 2.17. The number of furan rings is 1. The molecule has 1 amide bonds. The molecule has 0 saturated carbocycles. The van der Waals surface area contributed by atoms with Crippen molar-refractivity contribution in [3.63, 3.8) is 0 Å². The monoisotopic (exact) mass is 326 g/mol. The summed E-state index contributed by atoms with van der Waals surface area (Å²) in [5, 5.41) is 3.06. The number of rotatable bonds is 6. The number of hydrogen-bond donors (Lipinski definition) is 1. The van der Waals surface area contributed by atoms with E-state index in [1.54, 1.807) is 0 Å². The van der Waals surface area contributed by atoms with Crippen LogP contribution in [0.1, 0.15) is 33.9 Å². The number of likely N-dealkylation sites (tertiary alicyclic amines) is 1. The first-order chi connectivity index (χ1) is 11.6. The smallest absolute Gasteiger partial charge is 0.254 e. The lowest BCUT2D eigenvalue weighted by molar-refractivity contribution is 0.0946. The summed E-state index contributed by atoms with van der Waals surface area (Å²) in [7, 11) is 0. The Kier molecular flexibility index (Phi) is 5.36. The molecule has 0 spiro atoms. The molecule has 24 heavy (non-hydrogen) atoms. The lowest BCUT2D eigenvalue weighted by atomic mass is 10.1. The summed E-state index contributed by atoms with van der Waals surface area (Å²) in [5.74, 6) is 2.00. The fourth-order valence-corrected chi connectivity index (χ4v) is 3.40. The standard InChI is InChI=1S/C20H26N2O2/c1-15-12-19(16(2)24-15)20(23)21-13-18-9-11-22(14-18)10-8-17-6-4-3-5-7-17/h3-7,12,18H,8-11,13-14H2,1-2H3,(H,21,23). The van der Waals surface area contributed by atoms with Crippen molar-refractivity contribution in [3.05, 3.63) is 59.0 Å². The molecule has 0 radical (unpaired) electrons. The first-order valence-corrected chi connectivity index (χ1v) is 8.73. The van der Waals surface area contributed by atoms with Crippen LogP contribution in [0.15, 0.2) is 40.8 Å². The van der Waals surface area contributed by atoms with Gasteiger partial charge in [0.25, 0.3) is 5.91 Å². The van der Waals surface area contributed by atoms with Gasteiger partial charge in [-0.3, -0.25) is 4.79 Å². The quantitative estimate of drug-likeness (QED) is 0.887. The van der Waals surface area contributed by atoms with Crippen LogP contribution in [0.2, 0.25) is 0 Å². The zero-order chi connectivity index (χ0) is 16.9. The predicted octanol–water partition coefficient (Wildman–Crippen LogP) is 3.19. The first-order valence-electron chi connectivity index (χ1n) is 8.73. The maximum Gasteiger partial charge on any atom is 0.254 e. The van der Waals surface area contributed by atoms with Crippen molar-refractivity contribution in [2.24, 2.45) is 5.92 Å². The third kappa shape index (κ3) is 4.26. The van der Waals surface area contributed by atoms with E-state index in [2.05, 4.69) is 40.5 Å². The van der Waals surface area contributed by atoms with Crippen LogP contribution in [0.5, 0.6) is 0 Å². The molecule has 1 N–H and O–H groups in total. The minimum Gasteiger partial charge on any atom is -0.466 e. The maximum absolute atomic E-state index is 12.2. The Morgan fingerprint density at radius 2 is 2.08 bits per heavy atom. The highest BCUT2D eigenvalue weighted by Gasteiger charge is 2.23. The van der Waals surface area contributed by atoms with Crippen molar-refractivity contribution in [1.82, 2.24) is 10.2 Å². The minimum atomic E-state index is -0.0212. The van der Waals surface area contributed by atoms with E-state index in [9.17, 15) is 4.79 Å². The van der Waals surface area contributed by atoms with Gasteiger partial charge in [0.15, 0.2) is 0 Å². The number of nitrogens with one attached hydrogen (secondary N) is 1. The van der Waals surface area contributed by atoms with E-state index in [0.29, 0.717) is 17.2 Å². The van der Waals surface area contributed by atoms with Gasteiger partial charge in [-0.1, -0.05) is 30.3 Å². The SMILES string of the molecule is Cc1cc(C(=O)NCC2CCN(CCc3ccccc3)C2)c(C)o1. The van der Waals surface area contributed by atoms with E-state index in [4.69, 9.17) is 4.42 Å². The minimum absolute atomic E-state index is 0.0212. The molecule has 1 aromatic carbocycles. The predicted molar refractivity (Wildman–Crippen MR) is 95.2 cm³/mol. The number of amides is 1. The number of nitrogens with zero attached hydrogens (tertiary/aromatic N) is 1. The summed E-state index contributed by atoms with van der Waals surface area (Å²) in [6, 6.07) is 12.4. The number of carbonyl (C=O) groups is 1. The van der Waals surface area contributed by atoms with Gasteiger partial charge in [0.2, 0.25) is 0 Å². The van der Waals surface area contributed by atoms with E-state index in [1.165, 1.54) is 5.56 Å². The molecule has 3 rings (SSSR count). The van der Waals surface area contributed by atoms with Crippen molar-refractivity contribution in [2.45, 2.75) is 26.7 Å². The molecule has 1 fully saturated rings. The first kappa shape index (κ1) is 16.8. The topological polar surface area (TPSA) is 45.5 Å². The fraction of sp³-hybridized carbons (Fsp3) is 0.450. The van der Waals surface area contributed by atoms with Gasteiger partial charge in [0, 0.05) is 19.6 Å². The van der Waals surface area contributed by atoms with Crippen LogP contribution in [0.3, 0.4) is 0 Å². The molecule has 1 aromatic heterocycles. The third-order valence-electron chi connectivity index (χ3n) is 4.77. The van der Waals surface area contributed by atoms with Gasteiger partial charge in [-0.2, -0.15) is 0 Å². The largest absolute Gasteiger partial charge is 0.466 e. The summed E-state index contributed by atoms with van der Waals surface area (Å²) in [5.41, 5.74) is 2.05. The second-order valence-corrected chi connectivity index (χ2v) is 6.73. The summed E-state index contributed by atoms with van der Waals surface area (Å²) in [6.45, 7) is 7.72. The molecular formula is C20H26N2O2. The molecular weight excluding hydrogens is 300 g/mol. The van der Waals surface area contributed by atoms with E-state index >= 15 is 0 Å². The van der Waals surface area contributed by atoms with Gasteiger partial charge in [-0.15, -0.1) is 0 Å². The van der Waals surface area contributed by atoms with Crippen LogP contribution in [-0.2, 0) is 6.42 Å². The third-order valence-corrected chi connectivity index (χ3v) is 4.77. The van der Waals surface area contributed by atoms with Crippen LogP contribution in [0.4, 0.5) is 0 Å². The maximum atomic E-state index is 12.2. The van der Waals surface area contributed by atoms with Crippen LogP contribution in [-0.4, -0.2) is 37.0 Å².